The van der Waals surface area contributed by atoms with Crippen molar-refractivity contribution in [2.75, 3.05) is 0 Å². The van der Waals surface area contributed by atoms with Gasteiger partial charge < -0.3 is 10.1 Å². The van der Waals surface area contributed by atoms with Gasteiger partial charge in [0.1, 0.15) is 18.1 Å². The number of halogens is 2. The quantitative estimate of drug-likeness (QED) is 0.725. The Morgan fingerprint density at radius 2 is 2.17 bits per heavy atom. The van der Waals surface area contributed by atoms with E-state index in [0.717, 1.165) is 17.8 Å². The number of dihydropyridines is 1. The summed E-state index contributed by atoms with van der Waals surface area (Å²) >= 11 is 0. The molecule has 1 aliphatic carbocycles. The SMILES string of the molecule is CC1CC2=C(C=CNC2C2C=CC(F)CC2F)O1. The minimum absolute atomic E-state index is 0.0396. The maximum Gasteiger partial charge on any atom is 0.122 e. The fraction of sp³-hybridized carbons (Fsp3) is 0.571. The summed E-state index contributed by atoms with van der Waals surface area (Å²) in [6.45, 7) is 2.00. The van der Waals surface area contributed by atoms with E-state index >= 15 is 0 Å². The highest BCUT2D eigenvalue weighted by molar-refractivity contribution is 5.34. The van der Waals surface area contributed by atoms with Crippen LogP contribution in [0.4, 0.5) is 8.78 Å². The monoisotopic (exact) mass is 253 g/mol. The van der Waals surface area contributed by atoms with Crippen molar-refractivity contribution in [3.63, 3.8) is 0 Å². The van der Waals surface area contributed by atoms with E-state index in [1.54, 1.807) is 12.3 Å². The van der Waals surface area contributed by atoms with Gasteiger partial charge >= 0.3 is 0 Å². The van der Waals surface area contributed by atoms with Crippen molar-refractivity contribution in [1.29, 1.82) is 0 Å². The molecule has 0 radical (unpaired) electrons. The average Bonchev–Trinajstić information content (AvgIpc) is 2.69. The lowest BCUT2D eigenvalue weighted by Gasteiger charge is -2.33. The molecule has 0 fully saturated rings. The first-order valence-corrected chi connectivity index (χ1v) is 6.44. The lowest BCUT2D eigenvalue weighted by atomic mass is 9.81. The smallest absolute Gasteiger partial charge is 0.122 e. The molecule has 5 unspecified atom stereocenters. The number of ether oxygens (including phenoxy) is 1. The molecule has 0 aromatic heterocycles. The molecule has 0 aromatic rings. The van der Waals surface area contributed by atoms with E-state index in [0.29, 0.717) is 0 Å². The van der Waals surface area contributed by atoms with Gasteiger partial charge in [0.2, 0.25) is 0 Å². The predicted octanol–water partition coefficient (Wildman–Crippen LogP) is 2.79. The zero-order chi connectivity index (χ0) is 12.7. The molecule has 0 aromatic carbocycles. The highest BCUT2D eigenvalue weighted by Gasteiger charge is 2.38. The van der Waals surface area contributed by atoms with Gasteiger partial charge in [-0.1, -0.05) is 12.2 Å². The third-order valence-electron chi connectivity index (χ3n) is 3.83. The fourth-order valence-corrected chi connectivity index (χ4v) is 2.98. The van der Waals surface area contributed by atoms with E-state index < -0.39 is 12.3 Å². The van der Waals surface area contributed by atoms with Crippen LogP contribution in [0.15, 0.2) is 35.8 Å². The van der Waals surface area contributed by atoms with Crippen LogP contribution in [-0.4, -0.2) is 24.5 Å². The van der Waals surface area contributed by atoms with Crippen LogP contribution in [-0.2, 0) is 4.74 Å². The third kappa shape index (κ3) is 1.93. The van der Waals surface area contributed by atoms with E-state index in [4.69, 9.17) is 4.74 Å². The maximum atomic E-state index is 14.0. The Balaban J connectivity index is 1.85. The van der Waals surface area contributed by atoms with Gasteiger partial charge in [-0.3, -0.25) is 0 Å². The third-order valence-corrected chi connectivity index (χ3v) is 3.83. The van der Waals surface area contributed by atoms with Gasteiger partial charge in [-0.05, 0) is 18.6 Å². The Morgan fingerprint density at radius 3 is 2.94 bits per heavy atom. The summed E-state index contributed by atoms with van der Waals surface area (Å²) in [7, 11) is 0. The molecule has 0 saturated carbocycles. The van der Waals surface area contributed by atoms with Crippen molar-refractivity contribution in [2.24, 2.45) is 5.92 Å². The van der Waals surface area contributed by atoms with E-state index in [1.807, 2.05) is 13.0 Å². The second-order valence-electron chi connectivity index (χ2n) is 5.23. The van der Waals surface area contributed by atoms with Crippen molar-refractivity contribution in [3.8, 4) is 0 Å². The van der Waals surface area contributed by atoms with Crippen LogP contribution >= 0.6 is 0 Å². The molecule has 4 heteroatoms. The van der Waals surface area contributed by atoms with Gasteiger partial charge in [0.05, 0.1) is 12.1 Å². The summed E-state index contributed by atoms with van der Waals surface area (Å²) < 4.78 is 32.8. The normalized spacial score (nSPS) is 42.5. The van der Waals surface area contributed by atoms with E-state index in [-0.39, 0.29) is 24.5 Å². The molecule has 3 rings (SSSR count). The van der Waals surface area contributed by atoms with Crippen molar-refractivity contribution >= 4 is 0 Å². The van der Waals surface area contributed by atoms with Crippen LogP contribution in [0.1, 0.15) is 19.8 Å². The highest BCUT2D eigenvalue weighted by atomic mass is 19.1. The molecule has 0 bridgehead atoms. The lowest BCUT2D eigenvalue weighted by Crippen LogP contribution is -2.42. The molecule has 98 valence electrons. The summed E-state index contributed by atoms with van der Waals surface area (Å²) in [4.78, 5) is 0. The molecule has 3 aliphatic rings. The Hall–Kier alpha value is -1.32. The number of alkyl halides is 2. The van der Waals surface area contributed by atoms with Crippen LogP contribution < -0.4 is 5.32 Å². The molecule has 2 heterocycles. The average molecular weight is 253 g/mol. The molecule has 0 saturated heterocycles. The maximum absolute atomic E-state index is 14.0. The molecule has 1 N–H and O–H groups in total. The Bertz CT molecular complexity index is 430. The summed E-state index contributed by atoms with van der Waals surface area (Å²) in [5.41, 5.74) is 1.11. The number of allylic oxidation sites excluding steroid dienone is 2. The van der Waals surface area contributed by atoms with E-state index in [2.05, 4.69) is 5.32 Å². The molecule has 18 heavy (non-hydrogen) atoms. The van der Waals surface area contributed by atoms with Crippen molar-refractivity contribution in [3.05, 3.63) is 35.8 Å². The topological polar surface area (TPSA) is 21.3 Å². The highest BCUT2D eigenvalue weighted by Crippen LogP contribution is 2.37. The van der Waals surface area contributed by atoms with Gasteiger partial charge in [0.15, 0.2) is 0 Å². The molecule has 0 spiro atoms. The van der Waals surface area contributed by atoms with Crippen molar-refractivity contribution < 1.29 is 13.5 Å². The summed E-state index contributed by atoms with van der Waals surface area (Å²) in [5, 5.41) is 3.19. The van der Waals surface area contributed by atoms with Crippen LogP contribution in [0, 0.1) is 5.92 Å². The van der Waals surface area contributed by atoms with Gasteiger partial charge in [-0.15, -0.1) is 0 Å². The van der Waals surface area contributed by atoms with Crippen LogP contribution in [0.5, 0.6) is 0 Å². The van der Waals surface area contributed by atoms with Crippen LogP contribution in [0.2, 0.25) is 0 Å². The second kappa shape index (κ2) is 4.41. The number of hydrogen-bond donors (Lipinski definition) is 1. The number of hydrogen-bond acceptors (Lipinski definition) is 2. The molecule has 5 atom stereocenters. The predicted molar refractivity (Wildman–Crippen MR) is 65.3 cm³/mol. The van der Waals surface area contributed by atoms with E-state index in [9.17, 15) is 8.78 Å². The number of rotatable bonds is 1. The fourth-order valence-electron chi connectivity index (χ4n) is 2.98. The Morgan fingerprint density at radius 1 is 1.33 bits per heavy atom. The molecule has 2 aliphatic heterocycles. The summed E-state index contributed by atoms with van der Waals surface area (Å²) in [5.74, 6) is 0.551. The minimum Gasteiger partial charge on any atom is -0.490 e. The number of nitrogens with one attached hydrogen (secondary N) is 1. The van der Waals surface area contributed by atoms with E-state index in [1.165, 1.54) is 6.08 Å². The molecular formula is C14H17F2NO. The first kappa shape index (κ1) is 11.8. The lowest BCUT2D eigenvalue weighted by molar-refractivity contribution is 0.169. The van der Waals surface area contributed by atoms with Gasteiger partial charge in [0, 0.05) is 25.0 Å². The molecular weight excluding hydrogens is 236 g/mol. The van der Waals surface area contributed by atoms with Crippen molar-refractivity contribution in [1.82, 2.24) is 5.32 Å². The summed E-state index contributed by atoms with van der Waals surface area (Å²) in [6, 6.07) is -0.103. The molecule has 2 nitrogen and oxygen atoms in total. The first-order valence-electron chi connectivity index (χ1n) is 6.44. The molecule has 0 amide bonds. The van der Waals surface area contributed by atoms with Crippen LogP contribution in [0.3, 0.4) is 0 Å². The largest absolute Gasteiger partial charge is 0.490 e. The zero-order valence-electron chi connectivity index (χ0n) is 10.3. The summed E-state index contributed by atoms with van der Waals surface area (Å²) in [6.07, 6.45) is 5.44. The standard InChI is InChI=1S/C14H17F2NO/c1-8-6-11-13(18-8)4-5-17-14(11)10-3-2-9(15)7-12(10)16/h2-5,8-10,12,14,17H,6-7H2,1H3. The Labute approximate surface area is 105 Å². The Kier molecular flexibility index (Phi) is 2.88. The van der Waals surface area contributed by atoms with Gasteiger partial charge in [-0.2, -0.15) is 0 Å². The zero-order valence-corrected chi connectivity index (χ0v) is 10.3. The van der Waals surface area contributed by atoms with Gasteiger partial charge in [0.25, 0.3) is 0 Å². The first-order chi connectivity index (χ1) is 8.65. The minimum atomic E-state index is -1.15. The van der Waals surface area contributed by atoms with Crippen LogP contribution in [0.25, 0.3) is 0 Å². The van der Waals surface area contributed by atoms with Crippen molar-refractivity contribution in [2.45, 2.75) is 44.3 Å². The second-order valence-corrected chi connectivity index (χ2v) is 5.23. The van der Waals surface area contributed by atoms with Gasteiger partial charge in [-0.25, -0.2) is 8.78 Å².